The van der Waals surface area contributed by atoms with Crippen LogP contribution in [0.5, 0.6) is 0 Å². The van der Waals surface area contributed by atoms with Gasteiger partial charge in [0.25, 0.3) is 0 Å². The van der Waals surface area contributed by atoms with Crippen molar-refractivity contribution >= 4 is 11.6 Å². The molecule has 1 saturated carbocycles. The van der Waals surface area contributed by atoms with E-state index < -0.39 is 0 Å². The minimum Gasteiger partial charge on any atom is -0.325 e. The van der Waals surface area contributed by atoms with Crippen molar-refractivity contribution in [1.82, 2.24) is 0 Å². The Morgan fingerprint density at radius 1 is 1.40 bits per heavy atom. The number of aryl methyl sites for hydroxylation is 1. The minimum atomic E-state index is -0.152. The molecule has 0 radical (unpaired) electrons. The molecule has 1 aromatic rings. The molecular weight excluding hydrogens is 186 g/mol. The van der Waals surface area contributed by atoms with Gasteiger partial charge in [-0.25, -0.2) is 0 Å². The highest BCUT2D eigenvalue weighted by Gasteiger charge is 2.50. The lowest BCUT2D eigenvalue weighted by atomic mass is 9.65. The number of hydrogen-bond acceptors (Lipinski definition) is 1. The zero-order valence-electron chi connectivity index (χ0n) is 8.97. The molecule has 15 heavy (non-hydrogen) atoms. The van der Waals surface area contributed by atoms with Crippen molar-refractivity contribution in [3.8, 4) is 0 Å². The second-order valence-electron chi connectivity index (χ2n) is 4.62. The zero-order chi connectivity index (χ0) is 10.5. The molecule has 0 bridgehead atoms. The monoisotopic (exact) mass is 201 g/mol. The largest absolute Gasteiger partial charge is 0.325 e. The maximum absolute atomic E-state index is 11.9. The predicted molar refractivity (Wildman–Crippen MR) is 60.0 cm³/mol. The molecule has 1 aromatic carbocycles. The fourth-order valence-electron chi connectivity index (χ4n) is 2.71. The van der Waals surface area contributed by atoms with Gasteiger partial charge in [-0.15, -0.1) is 0 Å². The molecule has 1 aliphatic heterocycles. The third-order valence-corrected chi connectivity index (χ3v) is 3.90. The molecule has 1 N–H and O–H groups in total. The molecule has 0 atom stereocenters. The lowest BCUT2D eigenvalue weighted by Crippen LogP contribution is -2.40. The van der Waals surface area contributed by atoms with Gasteiger partial charge in [-0.3, -0.25) is 4.79 Å². The SMILES string of the molecule is CCc1ccc2c(c1)C1(CCC1)C(=O)N2. The Morgan fingerprint density at radius 3 is 2.80 bits per heavy atom. The molecule has 0 unspecified atom stereocenters. The Labute approximate surface area is 89.7 Å². The van der Waals surface area contributed by atoms with Gasteiger partial charge >= 0.3 is 0 Å². The van der Waals surface area contributed by atoms with Gasteiger partial charge in [0, 0.05) is 5.69 Å². The van der Waals surface area contributed by atoms with Crippen LogP contribution in [-0.4, -0.2) is 5.91 Å². The highest BCUT2D eigenvalue weighted by molar-refractivity contribution is 6.06. The lowest BCUT2D eigenvalue weighted by Gasteiger charge is -2.36. The molecule has 3 rings (SSSR count). The Balaban J connectivity index is 2.14. The molecule has 1 amide bonds. The third-order valence-electron chi connectivity index (χ3n) is 3.90. The smallest absolute Gasteiger partial charge is 0.235 e. The minimum absolute atomic E-state index is 0.152. The van der Waals surface area contributed by atoms with Crippen molar-refractivity contribution in [3.05, 3.63) is 29.3 Å². The third kappa shape index (κ3) is 1.02. The molecule has 1 fully saturated rings. The summed E-state index contributed by atoms with van der Waals surface area (Å²) in [5, 5.41) is 3.00. The van der Waals surface area contributed by atoms with Crippen LogP contribution in [0, 0.1) is 0 Å². The Kier molecular flexibility index (Phi) is 1.70. The predicted octanol–water partition coefficient (Wildman–Crippen LogP) is 2.62. The van der Waals surface area contributed by atoms with Gasteiger partial charge in [-0.1, -0.05) is 25.5 Å². The van der Waals surface area contributed by atoms with Crippen LogP contribution in [0.15, 0.2) is 18.2 Å². The summed E-state index contributed by atoms with van der Waals surface area (Å²) < 4.78 is 0. The second kappa shape index (κ2) is 2.84. The Morgan fingerprint density at radius 2 is 2.20 bits per heavy atom. The van der Waals surface area contributed by atoms with Crippen molar-refractivity contribution < 1.29 is 4.79 Å². The van der Waals surface area contributed by atoms with Gasteiger partial charge in [0.1, 0.15) is 0 Å². The zero-order valence-corrected chi connectivity index (χ0v) is 8.97. The van der Waals surface area contributed by atoms with E-state index in [1.165, 1.54) is 17.5 Å². The van der Waals surface area contributed by atoms with E-state index in [0.717, 1.165) is 24.9 Å². The van der Waals surface area contributed by atoms with Crippen molar-refractivity contribution in [2.24, 2.45) is 0 Å². The summed E-state index contributed by atoms with van der Waals surface area (Å²) >= 11 is 0. The molecule has 0 saturated heterocycles. The topological polar surface area (TPSA) is 29.1 Å². The van der Waals surface area contributed by atoms with E-state index in [1.54, 1.807) is 0 Å². The van der Waals surface area contributed by atoms with Crippen LogP contribution in [0.2, 0.25) is 0 Å². The molecular formula is C13H15NO. The van der Waals surface area contributed by atoms with E-state index >= 15 is 0 Å². The van der Waals surface area contributed by atoms with Gasteiger partial charge in [0.05, 0.1) is 5.41 Å². The van der Waals surface area contributed by atoms with E-state index in [0.29, 0.717) is 0 Å². The average molecular weight is 201 g/mol. The number of anilines is 1. The van der Waals surface area contributed by atoms with Crippen LogP contribution in [0.1, 0.15) is 37.3 Å². The maximum Gasteiger partial charge on any atom is 0.235 e. The van der Waals surface area contributed by atoms with Crippen LogP contribution >= 0.6 is 0 Å². The fourth-order valence-corrected chi connectivity index (χ4v) is 2.71. The van der Waals surface area contributed by atoms with Crippen LogP contribution in [0.4, 0.5) is 5.69 Å². The quantitative estimate of drug-likeness (QED) is 0.743. The van der Waals surface area contributed by atoms with Gasteiger partial charge in [0.2, 0.25) is 5.91 Å². The molecule has 0 aromatic heterocycles. The van der Waals surface area contributed by atoms with Crippen LogP contribution in [0.3, 0.4) is 0 Å². The standard InChI is InChI=1S/C13H15NO/c1-2-9-4-5-11-10(8-9)13(6-3-7-13)12(15)14-11/h4-5,8H,2-3,6-7H2,1H3,(H,14,15). The molecule has 1 heterocycles. The number of nitrogens with one attached hydrogen (secondary N) is 1. The summed E-state index contributed by atoms with van der Waals surface area (Å²) in [5.41, 5.74) is 3.46. The van der Waals surface area contributed by atoms with E-state index in [2.05, 4.69) is 30.4 Å². The van der Waals surface area contributed by atoms with Crippen LogP contribution in [-0.2, 0) is 16.6 Å². The molecule has 2 aliphatic rings. The maximum atomic E-state index is 11.9. The summed E-state index contributed by atoms with van der Waals surface area (Å²) in [5.74, 6) is 0.219. The summed E-state index contributed by atoms with van der Waals surface area (Å²) in [6.45, 7) is 2.15. The van der Waals surface area contributed by atoms with Gasteiger partial charge in [-0.05, 0) is 36.5 Å². The molecule has 1 aliphatic carbocycles. The van der Waals surface area contributed by atoms with E-state index in [1.807, 2.05) is 0 Å². The number of rotatable bonds is 1. The molecule has 2 nitrogen and oxygen atoms in total. The molecule has 2 heteroatoms. The fraction of sp³-hybridized carbons (Fsp3) is 0.462. The molecule has 1 spiro atoms. The summed E-state index contributed by atoms with van der Waals surface area (Å²) in [4.78, 5) is 11.9. The Hall–Kier alpha value is -1.31. The lowest BCUT2D eigenvalue weighted by molar-refractivity contribution is -0.123. The number of amides is 1. The number of fused-ring (bicyclic) bond motifs is 2. The Bertz CT molecular complexity index is 432. The summed E-state index contributed by atoms with van der Waals surface area (Å²) in [6, 6.07) is 6.38. The average Bonchev–Trinajstić information content (AvgIpc) is 2.47. The van der Waals surface area contributed by atoms with Gasteiger partial charge < -0.3 is 5.32 Å². The second-order valence-corrected chi connectivity index (χ2v) is 4.62. The van der Waals surface area contributed by atoms with Gasteiger partial charge in [-0.2, -0.15) is 0 Å². The summed E-state index contributed by atoms with van der Waals surface area (Å²) in [7, 11) is 0. The van der Waals surface area contributed by atoms with Crippen LogP contribution < -0.4 is 5.32 Å². The van der Waals surface area contributed by atoms with Crippen molar-refractivity contribution in [2.75, 3.05) is 5.32 Å². The highest BCUT2D eigenvalue weighted by Crippen LogP contribution is 2.51. The first-order valence-electron chi connectivity index (χ1n) is 5.71. The summed E-state index contributed by atoms with van der Waals surface area (Å²) in [6.07, 6.45) is 4.28. The van der Waals surface area contributed by atoms with Crippen LogP contribution in [0.25, 0.3) is 0 Å². The van der Waals surface area contributed by atoms with E-state index in [4.69, 9.17) is 0 Å². The number of carbonyl (C=O) groups is 1. The number of carbonyl (C=O) groups excluding carboxylic acids is 1. The molecule has 78 valence electrons. The normalized spacial score (nSPS) is 21.0. The first kappa shape index (κ1) is 8.96. The van der Waals surface area contributed by atoms with E-state index in [9.17, 15) is 4.79 Å². The number of hydrogen-bond donors (Lipinski definition) is 1. The first-order valence-corrected chi connectivity index (χ1v) is 5.71. The van der Waals surface area contributed by atoms with Crippen molar-refractivity contribution in [1.29, 1.82) is 0 Å². The number of benzene rings is 1. The van der Waals surface area contributed by atoms with Gasteiger partial charge in [0.15, 0.2) is 0 Å². The van der Waals surface area contributed by atoms with Crippen molar-refractivity contribution in [2.45, 2.75) is 38.0 Å². The van der Waals surface area contributed by atoms with E-state index in [-0.39, 0.29) is 11.3 Å². The first-order chi connectivity index (χ1) is 7.26. The highest BCUT2D eigenvalue weighted by atomic mass is 16.2. The van der Waals surface area contributed by atoms with Crippen molar-refractivity contribution in [3.63, 3.8) is 0 Å².